The number of aliphatic hydroxyl groups is 1. The normalized spacial score (nSPS) is 14.8. The Kier molecular flexibility index (Phi) is 39.8. The SMILES string of the molecule is CC/C=C\C/C=C\C/C=C\C/C=C\C/C=C\CCCCCC(=O)OC[C@H](COP(=O)(O)OC[C@@H](O)COP(=O)(O)O)OC(=O)CCCC(=O)/C=C/C=C\C/C=C\C/C=C\CCCCC. The van der Waals surface area contributed by atoms with Gasteiger partial charge in [-0.3, -0.25) is 28.0 Å². The zero-order valence-electron chi connectivity index (χ0n) is 38.1. The highest BCUT2D eigenvalue weighted by Crippen LogP contribution is 2.43. The van der Waals surface area contributed by atoms with Crippen molar-refractivity contribution in [3.05, 3.63) is 109 Å². The summed E-state index contributed by atoms with van der Waals surface area (Å²) in [5.74, 6) is -1.53. The van der Waals surface area contributed by atoms with E-state index in [2.05, 4.69) is 108 Å². The van der Waals surface area contributed by atoms with Crippen LogP contribution in [0.5, 0.6) is 0 Å². The zero-order valence-corrected chi connectivity index (χ0v) is 39.9. The Morgan fingerprint density at radius 1 is 0.516 bits per heavy atom. The lowest BCUT2D eigenvalue weighted by Gasteiger charge is -2.20. The van der Waals surface area contributed by atoms with Crippen LogP contribution in [0.3, 0.4) is 0 Å². The molecule has 0 fully saturated rings. The van der Waals surface area contributed by atoms with Crippen LogP contribution < -0.4 is 0 Å². The van der Waals surface area contributed by atoms with Gasteiger partial charge in [0.1, 0.15) is 12.7 Å². The van der Waals surface area contributed by atoms with Crippen LogP contribution in [0.2, 0.25) is 0 Å². The van der Waals surface area contributed by atoms with Gasteiger partial charge in [0.2, 0.25) is 0 Å². The fourth-order valence-electron chi connectivity index (χ4n) is 5.21. The summed E-state index contributed by atoms with van der Waals surface area (Å²) in [5, 5.41) is 9.75. The molecule has 0 aromatic rings. The van der Waals surface area contributed by atoms with Crippen LogP contribution in [0, 0.1) is 0 Å². The smallest absolute Gasteiger partial charge is 0.462 e. The standard InChI is InChI=1S/C48H76O14P2/c1-3-5-7-9-11-13-15-17-18-19-20-21-22-24-26-28-30-32-34-38-47(51)58-42-46(43-61-64(56,57)60-41-45(50)40-59-63(53,54)55)62-48(52)39-35-37-44(49)36-33-31-29-27-25-23-16-14-12-10-8-6-4-2/h5,7,11-14,17-18,20-21,23-26,29,31,33,36,45-46,50H,3-4,6,8-10,15-16,19,22,27-28,30,32,34-35,37-43H2,1-2H3,(H,56,57)(H2,53,54,55)/b7-5-,13-11-,14-12-,18-17-,21-20-,25-23-,26-24-,31-29-,36-33+/t45-,46+/m0/s1. The van der Waals surface area contributed by atoms with Crippen molar-refractivity contribution < 1.29 is 66.3 Å². The Bertz CT molecular complexity index is 1600. The van der Waals surface area contributed by atoms with Gasteiger partial charge in [-0.25, -0.2) is 9.13 Å². The second-order valence-corrected chi connectivity index (χ2v) is 17.3. The van der Waals surface area contributed by atoms with Gasteiger partial charge in [0.15, 0.2) is 11.9 Å². The molecule has 14 nitrogen and oxygen atoms in total. The molecule has 0 heterocycles. The number of unbranched alkanes of at least 4 members (excludes halogenated alkanes) is 6. The van der Waals surface area contributed by atoms with Crippen molar-refractivity contribution in [2.75, 3.05) is 26.4 Å². The number of carbonyl (C=O) groups excluding carboxylic acids is 3. The summed E-state index contributed by atoms with van der Waals surface area (Å²) >= 11 is 0. The molecule has 0 rings (SSSR count). The Balaban J connectivity index is 4.77. The molecule has 0 aliphatic heterocycles. The van der Waals surface area contributed by atoms with E-state index in [-0.39, 0.29) is 31.5 Å². The van der Waals surface area contributed by atoms with Crippen LogP contribution in [-0.4, -0.2) is 76.1 Å². The highest BCUT2D eigenvalue weighted by molar-refractivity contribution is 7.47. The number of phosphoric ester groups is 2. The molecule has 0 bridgehead atoms. The first kappa shape index (κ1) is 60.5. The van der Waals surface area contributed by atoms with Crippen LogP contribution in [0.25, 0.3) is 0 Å². The van der Waals surface area contributed by atoms with Crippen molar-refractivity contribution >= 4 is 33.4 Å². The third-order valence-electron chi connectivity index (χ3n) is 8.61. The molecule has 16 heteroatoms. The number of aliphatic hydroxyl groups excluding tert-OH is 1. The summed E-state index contributed by atoms with van der Waals surface area (Å²) < 4.78 is 47.5. The second kappa shape index (κ2) is 42.1. The topological polar surface area (TPSA) is 212 Å². The lowest BCUT2D eigenvalue weighted by molar-refractivity contribution is -0.161. The van der Waals surface area contributed by atoms with Crippen LogP contribution in [0.15, 0.2) is 109 Å². The van der Waals surface area contributed by atoms with Crippen LogP contribution in [0.4, 0.5) is 0 Å². The van der Waals surface area contributed by atoms with E-state index in [9.17, 15) is 33.5 Å². The van der Waals surface area contributed by atoms with E-state index >= 15 is 0 Å². The first-order valence-corrected chi connectivity index (χ1v) is 25.6. The minimum atomic E-state index is -4.90. The van der Waals surface area contributed by atoms with Crippen LogP contribution >= 0.6 is 15.6 Å². The molecule has 0 aromatic heterocycles. The van der Waals surface area contributed by atoms with Crippen molar-refractivity contribution in [2.45, 2.75) is 148 Å². The number of phosphoric acid groups is 2. The third-order valence-corrected chi connectivity index (χ3v) is 10.0. The van der Waals surface area contributed by atoms with Gasteiger partial charge in [-0.15, -0.1) is 0 Å². The van der Waals surface area contributed by atoms with E-state index in [4.69, 9.17) is 23.8 Å². The van der Waals surface area contributed by atoms with E-state index in [0.29, 0.717) is 6.42 Å². The average molecular weight is 939 g/mol. The van der Waals surface area contributed by atoms with Gasteiger partial charge in [0.25, 0.3) is 0 Å². The zero-order chi connectivity index (χ0) is 47.4. The van der Waals surface area contributed by atoms with Crippen molar-refractivity contribution in [1.29, 1.82) is 0 Å². The number of esters is 2. The molecule has 0 saturated heterocycles. The van der Waals surface area contributed by atoms with Crippen LogP contribution in [-0.2, 0) is 46.6 Å². The lowest BCUT2D eigenvalue weighted by atomic mass is 10.1. The number of carbonyl (C=O) groups is 3. The van der Waals surface area contributed by atoms with Crippen molar-refractivity contribution in [3.8, 4) is 0 Å². The number of rotatable bonds is 41. The minimum Gasteiger partial charge on any atom is -0.462 e. The molecule has 4 N–H and O–H groups in total. The van der Waals surface area contributed by atoms with E-state index in [0.717, 1.165) is 70.6 Å². The Morgan fingerprint density at radius 3 is 1.58 bits per heavy atom. The summed E-state index contributed by atoms with van der Waals surface area (Å²) in [4.78, 5) is 65.0. The van der Waals surface area contributed by atoms with Gasteiger partial charge in [-0.2, -0.15) is 0 Å². The number of ether oxygens (including phenoxy) is 2. The molecule has 0 radical (unpaired) electrons. The summed E-state index contributed by atoms with van der Waals surface area (Å²) in [6.07, 6.45) is 48.0. The van der Waals surface area contributed by atoms with Gasteiger partial charge in [-0.05, 0) is 89.5 Å². The fourth-order valence-corrected chi connectivity index (χ4v) is 6.36. The predicted molar refractivity (Wildman–Crippen MR) is 253 cm³/mol. The highest BCUT2D eigenvalue weighted by atomic mass is 31.2. The largest absolute Gasteiger partial charge is 0.472 e. The molecule has 3 atom stereocenters. The monoisotopic (exact) mass is 938 g/mol. The molecule has 0 aliphatic carbocycles. The molecule has 362 valence electrons. The summed E-state index contributed by atoms with van der Waals surface area (Å²) in [6.45, 7) is 1.28. The lowest BCUT2D eigenvalue weighted by Crippen LogP contribution is -2.30. The molecule has 64 heavy (non-hydrogen) atoms. The molecule has 0 amide bonds. The first-order chi connectivity index (χ1) is 30.8. The van der Waals surface area contributed by atoms with E-state index in [1.807, 2.05) is 6.08 Å². The average Bonchev–Trinajstić information content (AvgIpc) is 3.25. The van der Waals surface area contributed by atoms with Gasteiger partial charge >= 0.3 is 27.6 Å². The summed E-state index contributed by atoms with van der Waals surface area (Å²) in [5.41, 5.74) is 0. The molecule has 0 spiro atoms. The maximum absolute atomic E-state index is 12.7. The van der Waals surface area contributed by atoms with E-state index in [1.165, 1.54) is 25.3 Å². The molecule has 1 unspecified atom stereocenters. The molecule has 0 saturated carbocycles. The van der Waals surface area contributed by atoms with Gasteiger partial charge in [-0.1, -0.05) is 136 Å². The van der Waals surface area contributed by atoms with Crippen molar-refractivity contribution in [1.82, 2.24) is 0 Å². The van der Waals surface area contributed by atoms with Crippen molar-refractivity contribution in [2.24, 2.45) is 0 Å². The molecular formula is C48H76O14P2. The van der Waals surface area contributed by atoms with Crippen molar-refractivity contribution in [3.63, 3.8) is 0 Å². The van der Waals surface area contributed by atoms with E-state index in [1.54, 1.807) is 12.2 Å². The number of hydrogen-bond donors (Lipinski definition) is 4. The molecule has 0 aliphatic rings. The molecule has 0 aromatic carbocycles. The first-order valence-electron chi connectivity index (χ1n) is 22.5. The Labute approximate surface area is 382 Å². The third kappa shape index (κ3) is 45.0. The van der Waals surface area contributed by atoms with Gasteiger partial charge < -0.3 is 29.3 Å². The van der Waals surface area contributed by atoms with Crippen LogP contribution in [0.1, 0.15) is 136 Å². The molecular weight excluding hydrogens is 862 g/mol. The Hall–Kier alpha value is -3.55. The van der Waals surface area contributed by atoms with Gasteiger partial charge in [0, 0.05) is 19.3 Å². The number of ketones is 1. The second-order valence-electron chi connectivity index (χ2n) is 14.6. The maximum Gasteiger partial charge on any atom is 0.472 e. The number of allylic oxidation sites excluding steroid dienone is 18. The highest BCUT2D eigenvalue weighted by Gasteiger charge is 2.28. The maximum atomic E-state index is 12.7. The fraction of sp³-hybridized carbons (Fsp3) is 0.562. The summed E-state index contributed by atoms with van der Waals surface area (Å²) in [6, 6.07) is 0. The predicted octanol–water partition coefficient (Wildman–Crippen LogP) is 11.1. The van der Waals surface area contributed by atoms with Gasteiger partial charge in [0.05, 0.1) is 19.8 Å². The summed E-state index contributed by atoms with van der Waals surface area (Å²) in [7, 11) is -9.79. The van der Waals surface area contributed by atoms with E-state index < -0.39 is 66.2 Å². The quantitative estimate of drug-likeness (QED) is 0.0112. The number of hydrogen-bond acceptors (Lipinski definition) is 11. The Morgan fingerprint density at radius 2 is 1.02 bits per heavy atom. The minimum absolute atomic E-state index is 0.0644.